The lowest BCUT2D eigenvalue weighted by atomic mass is 10.2. The van der Waals surface area contributed by atoms with E-state index < -0.39 is 5.97 Å². The van der Waals surface area contributed by atoms with Crippen LogP contribution in [0.25, 0.3) is 5.65 Å². The van der Waals surface area contributed by atoms with Gasteiger partial charge in [0.1, 0.15) is 12.3 Å². The van der Waals surface area contributed by atoms with E-state index in [-0.39, 0.29) is 23.8 Å². The van der Waals surface area contributed by atoms with Crippen LogP contribution in [0.4, 0.5) is 5.69 Å². The molecule has 4 rings (SSSR count). The molecule has 0 fully saturated rings. The molecule has 8 nitrogen and oxygen atoms in total. The molecule has 1 N–H and O–H groups in total. The third-order valence-electron chi connectivity index (χ3n) is 4.10. The Morgan fingerprint density at radius 3 is 2.66 bits per heavy atom. The number of esters is 1. The molecule has 144 valence electrons. The number of anilines is 1. The second-order valence-electron chi connectivity index (χ2n) is 6.10. The van der Waals surface area contributed by atoms with Crippen LogP contribution in [-0.2, 0) is 11.3 Å². The van der Waals surface area contributed by atoms with Gasteiger partial charge in [0.2, 0.25) is 0 Å². The average molecular weight is 389 g/mol. The predicted octanol–water partition coefficient (Wildman–Crippen LogP) is 2.90. The fourth-order valence-corrected chi connectivity index (χ4v) is 2.69. The van der Waals surface area contributed by atoms with Gasteiger partial charge < -0.3 is 14.5 Å². The molecule has 0 saturated heterocycles. The molecule has 0 bridgehead atoms. The van der Waals surface area contributed by atoms with Crippen LogP contribution >= 0.6 is 0 Å². The van der Waals surface area contributed by atoms with Crippen molar-refractivity contribution in [2.45, 2.75) is 6.61 Å². The zero-order valence-corrected chi connectivity index (χ0v) is 15.1. The number of carbonyl (C=O) groups is 2. The Balaban J connectivity index is 1.40. The number of amides is 1. The summed E-state index contributed by atoms with van der Waals surface area (Å²) in [5.74, 6) is -0.768. The Bertz CT molecular complexity index is 1230. The Labute approximate surface area is 164 Å². The van der Waals surface area contributed by atoms with E-state index in [9.17, 15) is 14.4 Å². The number of pyridine rings is 1. The first-order valence-electron chi connectivity index (χ1n) is 8.69. The monoisotopic (exact) mass is 389 g/mol. The molecule has 3 heterocycles. The molecule has 0 aliphatic rings. The highest BCUT2D eigenvalue weighted by Crippen LogP contribution is 2.13. The lowest BCUT2D eigenvalue weighted by molar-refractivity contribution is 0.0467. The van der Waals surface area contributed by atoms with Crippen molar-refractivity contribution in [2.75, 3.05) is 5.32 Å². The Hall–Kier alpha value is -4.20. The molecule has 4 aromatic rings. The van der Waals surface area contributed by atoms with Crippen molar-refractivity contribution in [1.29, 1.82) is 0 Å². The van der Waals surface area contributed by atoms with Gasteiger partial charge in [0, 0.05) is 18.0 Å². The van der Waals surface area contributed by atoms with Gasteiger partial charge in [-0.05, 0) is 48.5 Å². The van der Waals surface area contributed by atoms with E-state index in [2.05, 4.69) is 10.3 Å². The van der Waals surface area contributed by atoms with Crippen LogP contribution in [0.1, 0.15) is 26.6 Å². The van der Waals surface area contributed by atoms with E-state index in [0.29, 0.717) is 22.6 Å². The van der Waals surface area contributed by atoms with Crippen LogP contribution < -0.4 is 10.9 Å². The molecule has 0 aliphatic heterocycles. The number of furan rings is 1. The maximum Gasteiger partial charge on any atom is 0.338 e. The van der Waals surface area contributed by atoms with E-state index >= 15 is 0 Å². The maximum atomic E-state index is 12.3. The first kappa shape index (κ1) is 18.2. The summed E-state index contributed by atoms with van der Waals surface area (Å²) >= 11 is 0. The fraction of sp³-hybridized carbons (Fsp3) is 0.0476. The second-order valence-corrected chi connectivity index (χ2v) is 6.10. The second kappa shape index (κ2) is 7.81. The maximum absolute atomic E-state index is 12.3. The Kier molecular flexibility index (Phi) is 4.90. The first-order valence-corrected chi connectivity index (χ1v) is 8.69. The van der Waals surface area contributed by atoms with Gasteiger partial charge in [-0.3, -0.25) is 14.0 Å². The van der Waals surface area contributed by atoms with Crippen LogP contribution in [0.15, 0.2) is 82.3 Å². The summed E-state index contributed by atoms with van der Waals surface area (Å²) in [6.07, 6.45) is 3.03. The molecule has 0 radical (unpaired) electrons. The summed E-state index contributed by atoms with van der Waals surface area (Å²) in [6, 6.07) is 15.9. The van der Waals surface area contributed by atoms with Crippen LogP contribution in [0.3, 0.4) is 0 Å². The van der Waals surface area contributed by atoms with Crippen molar-refractivity contribution in [3.8, 4) is 0 Å². The lowest BCUT2D eigenvalue weighted by Crippen LogP contribution is -2.16. The summed E-state index contributed by atoms with van der Waals surface area (Å²) in [5, 5.41) is 2.66. The number of carbonyl (C=O) groups excluding carboxylic acids is 2. The molecule has 1 aromatic carbocycles. The summed E-state index contributed by atoms with van der Waals surface area (Å²) in [5.41, 5.74) is 1.39. The highest BCUT2D eigenvalue weighted by atomic mass is 16.5. The number of hydrogen-bond acceptors (Lipinski definition) is 6. The van der Waals surface area contributed by atoms with E-state index in [1.807, 2.05) is 0 Å². The number of ether oxygens (including phenoxy) is 1. The van der Waals surface area contributed by atoms with Gasteiger partial charge in [-0.2, -0.15) is 0 Å². The number of nitrogens with zero attached hydrogens (tertiary/aromatic N) is 2. The normalized spacial score (nSPS) is 10.6. The predicted molar refractivity (Wildman–Crippen MR) is 104 cm³/mol. The van der Waals surface area contributed by atoms with Gasteiger partial charge in [0.25, 0.3) is 11.5 Å². The van der Waals surface area contributed by atoms with Crippen LogP contribution in [0.5, 0.6) is 0 Å². The van der Waals surface area contributed by atoms with Gasteiger partial charge in [0.05, 0.1) is 17.5 Å². The molecule has 0 aliphatic carbocycles. The van der Waals surface area contributed by atoms with E-state index in [1.165, 1.54) is 28.9 Å². The molecule has 0 atom stereocenters. The van der Waals surface area contributed by atoms with Crippen LogP contribution in [0.2, 0.25) is 0 Å². The third-order valence-corrected chi connectivity index (χ3v) is 4.10. The van der Waals surface area contributed by atoms with Crippen LogP contribution in [-0.4, -0.2) is 21.3 Å². The molecule has 0 unspecified atom stereocenters. The lowest BCUT2D eigenvalue weighted by Gasteiger charge is -2.07. The molecular weight excluding hydrogens is 374 g/mol. The Morgan fingerprint density at radius 2 is 1.90 bits per heavy atom. The zero-order valence-electron chi connectivity index (χ0n) is 15.1. The van der Waals surface area contributed by atoms with E-state index in [4.69, 9.17) is 9.15 Å². The highest BCUT2D eigenvalue weighted by Gasteiger charge is 2.11. The van der Waals surface area contributed by atoms with Gasteiger partial charge >= 0.3 is 5.97 Å². The number of fused-ring (bicyclic) bond motifs is 1. The fourth-order valence-electron chi connectivity index (χ4n) is 2.69. The van der Waals surface area contributed by atoms with Crippen molar-refractivity contribution in [3.63, 3.8) is 0 Å². The van der Waals surface area contributed by atoms with Crippen molar-refractivity contribution in [1.82, 2.24) is 9.38 Å². The highest BCUT2D eigenvalue weighted by molar-refractivity contribution is 6.02. The minimum absolute atomic E-state index is 0.129. The number of rotatable bonds is 5. The number of benzene rings is 1. The largest absolute Gasteiger partial charge is 0.459 e. The minimum atomic E-state index is -0.566. The molecule has 3 aromatic heterocycles. The third kappa shape index (κ3) is 4.06. The quantitative estimate of drug-likeness (QED) is 0.527. The van der Waals surface area contributed by atoms with Gasteiger partial charge in [-0.1, -0.05) is 6.07 Å². The number of nitrogens with one attached hydrogen (secondary N) is 1. The Morgan fingerprint density at radius 1 is 1.07 bits per heavy atom. The topological polar surface area (TPSA) is 103 Å². The summed E-state index contributed by atoms with van der Waals surface area (Å²) in [6.45, 7) is -0.129. The van der Waals surface area contributed by atoms with Crippen LogP contribution in [0, 0.1) is 0 Å². The number of hydrogen-bond donors (Lipinski definition) is 1. The van der Waals surface area contributed by atoms with E-state index in [0.717, 1.165) is 0 Å². The van der Waals surface area contributed by atoms with Gasteiger partial charge in [-0.15, -0.1) is 0 Å². The first-order chi connectivity index (χ1) is 14.1. The van der Waals surface area contributed by atoms with Crippen molar-refractivity contribution in [2.24, 2.45) is 0 Å². The molecule has 1 amide bonds. The van der Waals surface area contributed by atoms with Gasteiger partial charge in [-0.25, -0.2) is 9.78 Å². The molecule has 0 saturated carbocycles. The average Bonchev–Trinajstić information content (AvgIpc) is 3.28. The van der Waals surface area contributed by atoms with Crippen molar-refractivity contribution >= 4 is 23.2 Å². The standard InChI is InChI=1S/C21H15N3O5/c25-19-12-16(22-18-5-1-2-10-24(18)19)13-29-21(27)14-6-8-15(9-7-14)23-20(26)17-4-3-11-28-17/h1-12H,13H2,(H,23,26). The molecule has 8 heteroatoms. The zero-order chi connectivity index (χ0) is 20.2. The van der Waals surface area contributed by atoms with E-state index in [1.54, 1.807) is 48.7 Å². The SMILES string of the molecule is O=C(OCc1cc(=O)n2ccccc2n1)c1ccc(NC(=O)c2ccco2)cc1. The smallest absolute Gasteiger partial charge is 0.338 e. The van der Waals surface area contributed by atoms with Gasteiger partial charge in [0.15, 0.2) is 5.76 Å². The van der Waals surface area contributed by atoms with Crippen molar-refractivity contribution < 1.29 is 18.7 Å². The number of aromatic nitrogens is 2. The molecule has 0 spiro atoms. The molecular formula is C21H15N3O5. The molecule has 29 heavy (non-hydrogen) atoms. The summed E-state index contributed by atoms with van der Waals surface area (Å²) in [7, 11) is 0. The van der Waals surface area contributed by atoms with Crippen molar-refractivity contribution in [3.05, 3.63) is 100 Å². The summed E-state index contributed by atoms with van der Waals surface area (Å²) < 4.78 is 11.7. The summed E-state index contributed by atoms with van der Waals surface area (Å²) in [4.78, 5) is 40.6. The minimum Gasteiger partial charge on any atom is -0.459 e.